The minimum absolute atomic E-state index is 0.121. The Bertz CT molecular complexity index is 1630. The zero-order valence-corrected chi connectivity index (χ0v) is 22.9. The number of hydrogen-bond donors (Lipinski definition) is 1. The summed E-state index contributed by atoms with van der Waals surface area (Å²) >= 11 is 8.43. The zero-order valence-electron chi connectivity index (χ0n) is 19.7. The number of esters is 1. The zero-order chi connectivity index (χ0) is 26.7. The number of methoxy groups -OCH3 is 1. The summed E-state index contributed by atoms with van der Waals surface area (Å²) in [5.41, 5.74) is 1.81. The maximum Gasteiger partial charge on any atom is 0.341 e. The van der Waals surface area contributed by atoms with Crippen LogP contribution in [0.15, 0.2) is 23.2 Å². The van der Waals surface area contributed by atoms with Crippen molar-refractivity contribution in [2.24, 2.45) is 4.99 Å². The summed E-state index contributed by atoms with van der Waals surface area (Å²) in [6.07, 6.45) is 8.78. The third-order valence-electron chi connectivity index (χ3n) is 5.62. The second kappa shape index (κ2) is 11.2. The molecule has 194 valence electrons. The summed E-state index contributed by atoms with van der Waals surface area (Å²) < 4.78 is 32.5. The Morgan fingerprint density at radius 3 is 2.70 bits per heavy atom. The SMILES string of the molecule is C#CCn1c(=NC(=O)CS(=O)(=O)CC(=O)Nc2sc3c(c2C(=O)OC)CCCC3)sc2cc(Cl)ccc21. The first-order valence-electron chi connectivity index (χ1n) is 11.1. The number of benzene rings is 1. The molecule has 2 heterocycles. The van der Waals surface area contributed by atoms with Crippen LogP contribution in [-0.2, 0) is 43.5 Å². The molecule has 0 fully saturated rings. The molecule has 0 aliphatic heterocycles. The molecular formula is C24H22ClN3O6S3. The van der Waals surface area contributed by atoms with Crippen molar-refractivity contribution in [1.82, 2.24) is 4.57 Å². The number of thiazole rings is 1. The number of fused-ring (bicyclic) bond motifs is 2. The average molecular weight is 580 g/mol. The van der Waals surface area contributed by atoms with Crippen LogP contribution in [0.4, 0.5) is 5.00 Å². The number of carbonyl (C=O) groups is 3. The van der Waals surface area contributed by atoms with E-state index in [2.05, 4.69) is 16.2 Å². The number of sulfone groups is 1. The summed E-state index contributed by atoms with van der Waals surface area (Å²) in [5.74, 6) is -1.79. The van der Waals surface area contributed by atoms with Gasteiger partial charge in [0.25, 0.3) is 5.91 Å². The third kappa shape index (κ3) is 6.13. The summed E-state index contributed by atoms with van der Waals surface area (Å²) in [6, 6.07) is 5.11. The van der Waals surface area contributed by atoms with Gasteiger partial charge in [0.1, 0.15) is 16.5 Å². The number of halogens is 1. The standard InChI is InChI=1S/C24H22ClN3O6S3/c1-3-10-28-16-9-8-14(25)11-18(16)36-24(28)27-20(30)13-37(32,33)12-19(29)26-22-21(23(31)34-2)15-6-4-5-7-17(15)35-22/h1,8-9,11H,4-7,10,12-13H2,2H3,(H,26,29). The summed E-state index contributed by atoms with van der Waals surface area (Å²) in [7, 11) is -2.91. The summed E-state index contributed by atoms with van der Waals surface area (Å²) in [6.45, 7) is 0.121. The first-order chi connectivity index (χ1) is 17.6. The van der Waals surface area contributed by atoms with Crippen molar-refractivity contribution < 1.29 is 27.5 Å². The van der Waals surface area contributed by atoms with Crippen molar-refractivity contribution in [2.75, 3.05) is 23.9 Å². The smallest absolute Gasteiger partial charge is 0.341 e. The van der Waals surface area contributed by atoms with E-state index in [0.717, 1.165) is 45.7 Å². The van der Waals surface area contributed by atoms with E-state index in [1.165, 1.54) is 18.4 Å². The summed E-state index contributed by atoms with van der Waals surface area (Å²) in [5, 5.41) is 3.29. The first kappa shape index (κ1) is 27.1. The summed E-state index contributed by atoms with van der Waals surface area (Å²) in [4.78, 5) is 42.7. The highest BCUT2D eigenvalue weighted by Crippen LogP contribution is 2.38. The van der Waals surface area contributed by atoms with Crippen molar-refractivity contribution in [1.29, 1.82) is 0 Å². The molecule has 37 heavy (non-hydrogen) atoms. The number of nitrogens with one attached hydrogen (secondary N) is 1. The van der Waals surface area contributed by atoms with Crippen LogP contribution in [0.25, 0.3) is 10.2 Å². The van der Waals surface area contributed by atoms with Crippen LogP contribution in [0, 0.1) is 12.3 Å². The molecule has 2 amide bonds. The fraction of sp³-hybridized carbons (Fsp3) is 0.333. The van der Waals surface area contributed by atoms with Crippen molar-refractivity contribution in [3.8, 4) is 12.3 Å². The van der Waals surface area contributed by atoms with Crippen molar-refractivity contribution in [3.63, 3.8) is 0 Å². The normalized spacial score (nSPS) is 13.7. The number of ether oxygens (including phenoxy) is 1. The van der Waals surface area contributed by atoms with Crippen LogP contribution >= 0.6 is 34.3 Å². The Morgan fingerprint density at radius 2 is 1.97 bits per heavy atom. The minimum Gasteiger partial charge on any atom is -0.465 e. The van der Waals surface area contributed by atoms with Gasteiger partial charge in [-0.2, -0.15) is 4.99 Å². The lowest BCUT2D eigenvalue weighted by Gasteiger charge is -2.11. The van der Waals surface area contributed by atoms with Crippen LogP contribution in [0.5, 0.6) is 0 Å². The highest BCUT2D eigenvalue weighted by molar-refractivity contribution is 7.92. The molecule has 4 rings (SSSR count). The van der Waals surface area contributed by atoms with E-state index in [0.29, 0.717) is 17.0 Å². The lowest BCUT2D eigenvalue weighted by atomic mass is 9.95. The number of aromatic nitrogens is 1. The molecule has 9 nitrogen and oxygen atoms in total. The Labute approximate surface area is 226 Å². The van der Waals surface area contributed by atoms with E-state index >= 15 is 0 Å². The van der Waals surface area contributed by atoms with Gasteiger partial charge >= 0.3 is 5.97 Å². The molecule has 0 saturated heterocycles. The van der Waals surface area contributed by atoms with Gasteiger partial charge in [-0.25, -0.2) is 13.2 Å². The molecule has 0 radical (unpaired) electrons. The molecule has 0 saturated carbocycles. The maximum atomic E-state index is 12.6. The molecule has 0 bridgehead atoms. The predicted molar refractivity (Wildman–Crippen MR) is 144 cm³/mol. The fourth-order valence-corrected chi connectivity index (χ4v) is 7.72. The minimum atomic E-state index is -4.16. The Kier molecular flexibility index (Phi) is 8.18. The second-order valence-electron chi connectivity index (χ2n) is 8.28. The first-order valence-corrected chi connectivity index (χ1v) is 15.0. The number of thiophene rings is 1. The number of nitrogens with zero attached hydrogens (tertiary/aromatic N) is 2. The molecule has 13 heteroatoms. The van der Waals surface area contributed by atoms with Gasteiger partial charge < -0.3 is 14.6 Å². The molecule has 1 aliphatic carbocycles. The quantitative estimate of drug-likeness (QED) is 0.339. The Hall–Kier alpha value is -2.98. The van der Waals surface area contributed by atoms with E-state index in [1.807, 2.05) is 0 Å². The van der Waals surface area contributed by atoms with E-state index in [-0.39, 0.29) is 21.9 Å². The van der Waals surface area contributed by atoms with Crippen LogP contribution < -0.4 is 10.1 Å². The number of rotatable bonds is 7. The van der Waals surface area contributed by atoms with Gasteiger partial charge in [-0.15, -0.1) is 17.8 Å². The highest BCUT2D eigenvalue weighted by Gasteiger charge is 2.28. The molecule has 3 aromatic rings. The van der Waals surface area contributed by atoms with Crippen molar-refractivity contribution >= 4 is 77.1 Å². The largest absolute Gasteiger partial charge is 0.465 e. The molecule has 0 atom stereocenters. The van der Waals surface area contributed by atoms with Crippen molar-refractivity contribution in [2.45, 2.75) is 32.2 Å². The van der Waals surface area contributed by atoms with Crippen LogP contribution in [-0.4, -0.2) is 49.4 Å². The molecule has 1 aromatic carbocycles. The monoisotopic (exact) mass is 579 g/mol. The van der Waals surface area contributed by atoms with Gasteiger partial charge in [-0.05, 0) is 49.4 Å². The Balaban J connectivity index is 1.51. The number of anilines is 1. The number of amides is 2. The van der Waals surface area contributed by atoms with E-state index in [4.69, 9.17) is 22.8 Å². The Morgan fingerprint density at radius 1 is 1.22 bits per heavy atom. The number of hydrogen-bond acceptors (Lipinski definition) is 8. The molecule has 2 aromatic heterocycles. The van der Waals surface area contributed by atoms with E-state index in [1.54, 1.807) is 22.8 Å². The average Bonchev–Trinajstić information content (AvgIpc) is 3.34. The van der Waals surface area contributed by atoms with Gasteiger partial charge in [-0.3, -0.25) is 9.59 Å². The van der Waals surface area contributed by atoms with Crippen LogP contribution in [0.1, 0.15) is 33.6 Å². The predicted octanol–water partition coefficient (Wildman–Crippen LogP) is 3.20. The van der Waals surface area contributed by atoms with Crippen LogP contribution in [0.2, 0.25) is 5.02 Å². The van der Waals surface area contributed by atoms with Gasteiger partial charge in [0.2, 0.25) is 5.91 Å². The second-order valence-corrected chi connectivity index (χ2v) is 12.9. The molecule has 0 unspecified atom stereocenters. The number of terminal acetylenes is 1. The van der Waals surface area contributed by atoms with E-state index < -0.39 is 39.1 Å². The molecule has 1 aliphatic rings. The maximum absolute atomic E-state index is 12.6. The third-order valence-corrected chi connectivity index (χ3v) is 9.49. The lowest BCUT2D eigenvalue weighted by Crippen LogP contribution is -2.28. The molecule has 0 spiro atoms. The van der Waals surface area contributed by atoms with Gasteiger partial charge in [-0.1, -0.05) is 28.9 Å². The van der Waals surface area contributed by atoms with E-state index in [9.17, 15) is 22.8 Å². The van der Waals surface area contributed by atoms with Crippen LogP contribution in [0.3, 0.4) is 0 Å². The number of aryl methyl sites for hydroxylation is 1. The topological polar surface area (TPSA) is 124 Å². The lowest BCUT2D eigenvalue weighted by molar-refractivity contribution is -0.115. The van der Waals surface area contributed by atoms with Gasteiger partial charge in [0.15, 0.2) is 14.6 Å². The molecular weight excluding hydrogens is 558 g/mol. The highest BCUT2D eigenvalue weighted by atomic mass is 35.5. The number of carbonyl (C=O) groups excluding carboxylic acids is 3. The fourth-order valence-electron chi connectivity index (χ4n) is 4.09. The van der Waals surface area contributed by atoms with Gasteiger partial charge in [0, 0.05) is 9.90 Å². The molecule has 1 N–H and O–H groups in total. The van der Waals surface area contributed by atoms with Crippen molar-refractivity contribution in [3.05, 3.63) is 44.0 Å². The van der Waals surface area contributed by atoms with Gasteiger partial charge in [0.05, 0.1) is 29.4 Å².